The standard InChI is InChI=1S/C43H96O17Si12/c1-38(2)41(44)48-26-23-29-67(17)51-61-52-68(18,58-72(22,57-67)35-32-62(7,8)47)36-33-63(9,10)53-65(13,14)54-64(11,12)34-37-71(21)56-66(15,16)55-69(19,30-24-27-49-42(45)39(3)4)59-70(20,60-71)31-25-28-50-43(46)40(5)6/h47H,1,3,5,23-37,61H2,2,4,6-22H3. The van der Waals surface area contributed by atoms with Gasteiger partial charge in [0.25, 0.3) is 10.0 Å². The van der Waals surface area contributed by atoms with Crippen LogP contribution >= 0.6 is 0 Å². The third-order valence-electron chi connectivity index (χ3n) is 12.0. The van der Waals surface area contributed by atoms with Gasteiger partial charge in [-0.05, 0) is 199 Å². The maximum Gasteiger partial charge on any atom is 0.333 e. The molecule has 0 amide bonds. The summed E-state index contributed by atoms with van der Waals surface area (Å²) in [5.41, 5.74) is 1.06. The maximum atomic E-state index is 12.2. The van der Waals surface area contributed by atoms with Gasteiger partial charge in [0, 0.05) is 16.7 Å². The molecule has 2 rings (SSSR count). The first kappa shape index (κ1) is 67.9. The molecule has 1 N–H and O–H groups in total. The first-order valence-electron chi connectivity index (χ1n) is 25.6. The van der Waals surface area contributed by atoms with Gasteiger partial charge in [0.05, 0.1) is 19.8 Å². The third kappa shape index (κ3) is 26.0. The second-order valence-electron chi connectivity index (χ2n) is 23.7. The van der Waals surface area contributed by atoms with Crippen molar-refractivity contribution in [2.24, 2.45) is 0 Å². The second-order valence-corrected chi connectivity index (χ2v) is 67.2. The summed E-state index contributed by atoms with van der Waals surface area (Å²) in [6.07, 6.45) is 1.70. The first-order valence-corrected chi connectivity index (χ1v) is 56.9. The number of rotatable bonds is 28. The van der Waals surface area contributed by atoms with Gasteiger partial charge in [-0.25, -0.2) is 14.4 Å². The third-order valence-corrected chi connectivity index (χ3v) is 60.6. The van der Waals surface area contributed by atoms with E-state index in [0.29, 0.717) is 72.2 Å². The van der Waals surface area contributed by atoms with E-state index in [0.717, 1.165) is 18.1 Å². The Kier molecular flexibility index (Phi) is 25.6. The Bertz CT molecular complexity index is 1890. The summed E-state index contributed by atoms with van der Waals surface area (Å²) in [5.74, 6) is -1.26. The smallest absolute Gasteiger partial charge is 0.333 e. The molecule has 2 aliphatic heterocycles. The molecular formula is C43H96O17Si12. The second kappa shape index (κ2) is 27.1. The SMILES string of the molecule is C=C(C)C(=O)OCCC[Si]1(C)O[SiH2]O[Si](C)(CC[Si](C)(C)O[Si](C)(C)O[Si](C)(C)CC[Si]2(C)O[Si](C)(C)O[Si](C)(CCCOC(=O)C(=C)C)O[Si](C)(CCCOC(=O)C(=C)C)O2)O[Si](C)(CC[Si](C)(C)O)O1. The number of carbonyl (C=O) groups excluding carboxylic acids is 3. The molecule has 0 aromatic rings. The van der Waals surface area contributed by atoms with Crippen molar-refractivity contribution in [2.45, 2.75) is 199 Å². The van der Waals surface area contributed by atoms with Crippen LogP contribution in [0.2, 0.25) is 159 Å². The van der Waals surface area contributed by atoms with Gasteiger partial charge in [0.1, 0.15) is 0 Å². The van der Waals surface area contributed by atoms with E-state index < -0.39 is 121 Å². The van der Waals surface area contributed by atoms with Crippen LogP contribution in [0.3, 0.4) is 0 Å². The lowest BCUT2D eigenvalue weighted by Gasteiger charge is -2.50. The van der Waals surface area contributed by atoms with E-state index in [1.807, 2.05) is 19.6 Å². The van der Waals surface area contributed by atoms with Crippen molar-refractivity contribution >= 4 is 121 Å². The highest BCUT2D eigenvalue weighted by Crippen LogP contribution is 2.40. The van der Waals surface area contributed by atoms with Crippen molar-refractivity contribution in [1.29, 1.82) is 0 Å². The van der Waals surface area contributed by atoms with Crippen LogP contribution in [0.15, 0.2) is 36.5 Å². The largest absolute Gasteiger partial charge is 0.462 e. The van der Waals surface area contributed by atoms with Crippen LogP contribution in [0.25, 0.3) is 0 Å². The van der Waals surface area contributed by atoms with Gasteiger partial charge in [-0.2, -0.15) is 0 Å². The summed E-state index contributed by atoms with van der Waals surface area (Å²) >= 11 is 0. The molecule has 72 heavy (non-hydrogen) atoms. The van der Waals surface area contributed by atoms with Crippen molar-refractivity contribution in [1.82, 2.24) is 0 Å². The van der Waals surface area contributed by atoms with E-state index in [9.17, 15) is 19.2 Å². The van der Waals surface area contributed by atoms with Gasteiger partial charge in [0.2, 0.25) is 0 Å². The van der Waals surface area contributed by atoms with Crippen molar-refractivity contribution in [2.75, 3.05) is 19.8 Å². The van der Waals surface area contributed by atoms with Crippen LogP contribution < -0.4 is 0 Å². The first-order chi connectivity index (χ1) is 32.5. The van der Waals surface area contributed by atoms with E-state index in [1.54, 1.807) is 20.8 Å². The minimum absolute atomic E-state index is 0.209. The Balaban J connectivity index is 2.24. The molecule has 29 heteroatoms. The lowest BCUT2D eigenvalue weighted by molar-refractivity contribution is -0.139. The highest BCUT2D eigenvalue weighted by Gasteiger charge is 2.56. The van der Waals surface area contributed by atoms with E-state index in [2.05, 4.69) is 105 Å². The van der Waals surface area contributed by atoms with Gasteiger partial charge in [-0.3, -0.25) is 0 Å². The summed E-state index contributed by atoms with van der Waals surface area (Å²) in [6.45, 7) is 50.4. The zero-order chi connectivity index (χ0) is 55.5. The van der Waals surface area contributed by atoms with Crippen molar-refractivity contribution in [3.8, 4) is 0 Å². The number of carbonyl (C=O) groups is 3. The molecule has 6 atom stereocenters. The van der Waals surface area contributed by atoms with Crippen LogP contribution in [0.1, 0.15) is 40.0 Å². The molecule has 0 saturated carbocycles. The van der Waals surface area contributed by atoms with Crippen LogP contribution in [0, 0.1) is 0 Å². The maximum absolute atomic E-state index is 12.2. The summed E-state index contributed by atoms with van der Waals surface area (Å²) in [4.78, 5) is 47.3. The predicted molar refractivity (Wildman–Crippen MR) is 313 cm³/mol. The minimum atomic E-state index is -3.03. The molecule has 418 valence electrons. The fraction of sp³-hybridized carbons (Fsp3) is 0.791. The molecule has 2 saturated heterocycles. The summed E-state index contributed by atoms with van der Waals surface area (Å²) < 4.78 is 86.9. The monoisotopic (exact) mass is 1220 g/mol. The van der Waals surface area contributed by atoms with Gasteiger partial charge >= 0.3 is 86.4 Å². The van der Waals surface area contributed by atoms with Crippen LogP contribution in [-0.4, -0.2) is 146 Å². The predicted octanol–water partition coefficient (Wildman–Crippen LogP) is 10.1. The number of ether oxygens (including phenoxy) is 3. The van der Waals surface area contributed by atoms with Crippen molar-refractivity contribution in [3.05, 3.63) is 36.5 Å². The van der Waals surface area contributed by atoms with Crippen molar-refractivity contribution < 1.29 is 74.5 Å². The van der Waals surface area contributed by atoms with Gasteiger partial charge < -0.3 is 60.2 Å². The van der Waals surface area contributed by atoms with Gasteiger partial charge in [0.15, 0.2) is 25.0 Å². The van der Waals surface area contributed by atoms with E-state index >= 15 is 0 Å². The molecule has 2 aliphatic rings. The quantitative estimate of drug-likeness (QED) is 0.0256. The highest BCUT2D eigenvalue weighted by molar-refractivity contribution is 6.95. The summed E-state index contributed by atoms with van der Waals surface area (Å²) in [7, 11) is -31.6. The molecule has 2 heterocycles. The Morgan fingerprint density at radius 1 is 0.458 bits per heavy atom. The van der Waals surface area contributed by atoms with Crippen LogP contribution in [0.5, 0.6) is 0 Å². The van der Waals surface area contributed by atoms with E-state index in [1.165, 1.54) is 0 Å². The molecular weight excluding hydrogens is 1130 g/mol. The fourth-order valence-electron chi connectivity index (χ4n) is 9.05. The Morgan fingerprint density at radius 3 is 1.10 bits per heavy atom. The average molecular weight is 1220 g/mol. The minimum Gasteiger partial charge on any atom is -0.462 e. The zero-order valence-corrected chi connectivity index (χ0v) is 60.3. The van der Waals surface area contributed by atoms with Crippen molar-refractivity contribution in [3.63, 3.8) is 0 Å². The average Bonchev–Trinajstić information content (AvgIpc) is 3.17. The Morgan fingerprint density at radius 2 is 0.736 bits per heavy atom. The zero-order valence-electron chi connectivity index (χ0n) is 47.9. The lowest BCUT2D eigenvalue weighted by Crippen LogP contribution is -2.66. The van der Waals surface area contributed by atoms with Gasteiger partial charge in [-0.15, -0.1) is 0 Å². The Labute approximate surface area is 448 Å². The molecule has 0 aromatic heterocycles. The highest BCUT2D eigenvalue weighted by atomic mass is 28.5. The molecule has 0 aliphatic carbocycles. The molecule has 0 aromatic carbocycles. The molecule has 0 spiro atoms. The number of hydrogen-bond donors (Lipinski definition) is 1. The molecule has 0 radical (unpaired) electrons. The summed E-state index contributed by atoms with van der Waals surface area (Å²) in [5, 5.41) is 0. The van der Waals surface area contributed by atoms with Gasteiger partial charge in [-0.1, -0.05) is 19.7 Å². The normalized spacial score (nSPS) is 29.0. The number of esters is 3. The molecule has 6 unspecified atom stereocenters. The molecule has 0 bridgehead atoms. The van der Waals surface area contributed by atoms with E-state index in [-0.39, 0.29) is 19.8 Å². The Hall–Kier alpha value is -0.207. The molecule has 2 fully saturated rings. The summed E-state index contributed by atoms with van der Waals surface area (Å²) in [6, 6.07) is 6.05. The lowest BCUT2D eigenvalue weighted by atomic mass is 10.4. The fourth-order valence-corrected chi connectivity index (χ4v) is 71.3. The number of hydrogen-bond acceptors (Lipinski definition) is 17. The van der Waals surface area contributed by atoms with Crippen LogP contribution in [-0.2, 0) is 69.7 Å². The topological polar surface area (TPSA) is 191 Å². The van der Waals surface area contributed by atoms with E-state index in [4.69, 9.17) is 55.4 Å². The molecule has 17 nitrogen and oxygen atoms in total. The van der Waals surface area contributed by atoms with Crippen LogP contribution in [0.4, 0.5) is 0 Å².